The molecule has 2 aliphatic carbocycles. The van der Waals surface area contributed by atoms with Gasteiger partial charge in [-0.15, -0.1) is 0 Å². The molecule has 2 aliphatic rings. The summed E-state index contributed by atoms with van der Waals surface area (Å²) in [7, 11) is -1.57. The molecule has 1 aromatic carbocycles. The Hall–Kier alpha value is -1.91. The quantitative estimate of drug-likeness (QED) is 0.167. The third-order valence-electron chi connectivity index (χ3n) is 6.83. The number of hydrogen-bond donors (Lipinski definition) is 1. The summed E-state index contributed by atoms with van der Waals surface area (Å²) < 4.78 is 37.5. The Kier molecular flexibility index (Phi) is 8.95. The number of nitrogens with zero attached hydrogens (tertiary/aromatic N) is 1. The molecule has 0 amide bonds. The van der Waals surface area contributed by atoms with Gasteiger partial charge in [-0.2, -0.15) is 0 Å². The predicted molar refractivity (Wildman–Crippen MR) is 132 cm³/mol. The first-order chi connectivity index (χ1) is 15.7. The summed E-state index contributed by atoms with van der Waals surface area (Å²) in [6, 6.07) is 8.01. The van der Waals surface area contributed by atoms with Crippen molar-refractivity contribution in [3.63, 3.8) is 0 Å². The SMILES string of the molecule is C=N/C(=C\C(=C(/C)F)[C@H]1CC[C@H](COc2cccc([C@@H](CP(C)(=O)O)C3CC3)c2)CC1)OC. The predicted octanol–water partition coefficient (Wildman–Crippen LogP) is 6.70. The highest BCUT2D eigenvalue weighted by molar-refractivity contribution is 7.57. The first-order valence-electron chi connectivity index (χ1n) is 11.8. The van der Waals surface area contributed by atoms with Gasteiger partial charge in [0.25, 0.3) is 0 Å². The number of benzene rings is 1. The summed E-state index contributed by atoms with van der Waals surface area (Å²) in [6.45, 7) is 7.02. The van der Waals surface area contributed by atoms with E-state index in [1.54, 1.807) is 6.08 Å². The van der Waals surface area contributed by atoms with Gasteiger partial charge in [0.2, 0.25) is 5.88 Å². The van der Waals surface area contributed by atoms with Crippen LogP contribution in [-0.4, -0.2) is 38.2 Å². The minimum Gasteiger partial charge on any atom is -0.493 e. The number of allylic oxidation sites excluding steroid dienone is 3. The first-order valence-corrected chi connectivity index (χ1v) is 14.1. The van der Waals surface area contributed by atoms with E-state index in [-0.39, 0.29) is 17.7 Å². The average Bonchev–Trinajstić information content (AvgIpc) is 3.62. The summed E-state index contributed by atoms with van der Waals surface area (Å²) in [5.74, 6) is 2.13. The smallest absolute Gasteiger partial charge is 0.212 e. The third-order valence-corrected chi connectivity index (χ3v) is 7.90. The van der Waals surface area contributed by atoms with Crippen LogP contribution in [0.15, 0.2) is 52.6 Å². The zero-order valence-corrected chi connectivity index (χ0v) is 20.9. The molecule has 1 unspecified atom stereocenters. The van der Waals surface area contributed by atoms with Gasteiger partial charge in [-0.3, -0.25) is 4.57 Å². The fourth-order valence-electron chi connectivity index (χ4n) is 4.88. The topological polar surface area (TPSA) is 68.1 Å². The van der Waals surface area contributed by atoms with Crippen LogP contribution >= 0.6 is 7.37 Å². The fourth-order valence-corrected chi connectivity index (χ4v) is 6.12. The van der Waals surface area contributed by atoms with Gasteiger partial charge in [0.05, 0.1) is 13.7 Å². The molecular weight excluding hydrogens is 440 g/mol. The molecule has 0 aliphatic heterocycles. The van der Waals surface area contributed by atoms with Gasteiger partial charge in [-0.25, -0.2) is 9.38 Å². The van der Waals surface area contributed by atoms with Crippen LogP contribution in [0.2, 0.25) is 0 Å². The van der Waals surface area contributed by atoms with E-state index >= 15 is 0 Å². The Morgan fingerprint density at radius 1 is 1.30 bits per heavy atom. The standard InChI is InChI=1S/C26H37FNO4P/c1-18(27)24(15-26(28-2)31-3)20-10-8-19(9-11-20)16-32-23-7-5-6-22(14-23)25(21-12-13-21)17-33(4,29)30/h5-7,14-15,19-21,25H,2,8-13,16-17H2,1,3-4H3,(H,29,30)/b24-18-,26-15+/t19-,20-,25-/m0/s1. The highest BCUT2D eigenvalue weighted by Gasteiger charge is 2.35. The number of halogens is 1. The van der Waals surface area contributed by atoms with Gasteiger partial charge >= 0.3 is 0 Å². The van der Waals surface area contributed by atoms with Crippen LogP contribution in [0.5, 0.6) is 5.75 Å². The molecule has 0 heterocycles. The Balaban J connectivity index is 1.56. The fraction of sp³-hybridized carbons (Fsp3) is 0.577. The minimum atomic E-state index is -3.08. The van der Waals surface area contributed by atoms with Gasteiger partial charge in [-0.05, 0) is 99.1 Å². The molecule has 1 aromatic rings. The van der Waals surface area contributed by atoms with Crippen LogP contribution < -0.4 is 4.74 Å². The van der Waals surface area contributed by atoms with Crippen molar-refractivity contribution in [3.8, 4) is 5.75 Å². The highest BCUT2D eigenvalue weighted by Crippen LogP contribution is 2.50. The molecule has 182 valence electrons. The molecular formula is C26H37FNO4P. The van der Waals surface area contributed by atoms with Gasteiger partial charge in [0, 0.05) is 18.9 Å². The molecule has 0 bridgehead atoms. The van der Waals surface area contributed by atoms with E-state index in [1.807, 2.05) is 24.3 Å². The number of rotatable bonds is 11. The van der Waals surface area contributed by atoms with Gasteiger partial charge in [-0.1, -0.05) is 12.1 Å². The summed E-state index contributed by atoms with van der Waals surface area (Å²) in [5, 5.41) is 0. The number of hydrogen-bond acceptors (Lipinski definition) is 4. The van der Waals surface area contributed by atoms with E-state index < -0.39 is 7.37 Å². The second-order valence-corrected chi connectivity index (χ2v) is 12.1. The van der Waals surface area contributed by atoms with Gasteiger partial charge < -0.3 is 14.4 Å². The maximum Gasteiger partial charge on any atom is 0.212 e. The lowest BCUT2D eigenvalue weighted by Gasteiger charge is -2.29. The summed E-state index contributed by atoms with van der Waals surface area (Å²) >= 11 is 0. The molecule has 0 saturated heterocycles. The number of ether oxygens (including phenoxy) is 2. The van der Waals surface area contributed by atoms with Crippen molar-refractivity contribution in [2.24, 2.45) is 22.7 Å². The molecule has 0 aromatic heterocycles. The molecule has 2 atom stereocenters. The van der Waals surface area contributed by atoms with E-state index in [0.717, 1.165) is 49.8 Å². The Labute approximate surface area is 197 Å². The van der Waals surface area contributed by atoms with E-state index in [1.165, 1.54) is 20.7 Å². The van der Waals surface area contributed by atoms with Crippen molar-refractivity contribution in [3.05, 3.63) is 53.2 Å². The van der Waals surface area contributed by atoms with Crippen LogP contribution in [0, 0.1) is 17.8 Å². The molecule has 5 nitrogen and oxygen atoms in total. The van der Waals surface area contributed by atoms with E-state index in [9.17, 15) is 13.8 Å². The maximum atomic E-state index is 14.2. The largest absolute Gasteiger partial charge is 0.493 e. The molecule has 2 saturated carbocycles. The van der Waals surface area contributed by atoms with Gasteiger partial charge in [0.15, 0.2) is 7.37 Å². The maximum absolute atomic E-state index is 14.2. The van der Waals surface area contributed by atoms with Crippen molar-refractivity contribution >= 4 is 14.1 Å². The van der Waals surface area contributed by atoms with Crippen LogP contribution in [-0.2, 0) is 9.30 Å². The summed E-state index contributed by atoms with van der Waals surface area (Å²) in [4.78, 5) is 13.7. The van der Waals surface area contributed by atoms with Crippen molar-refractivity contribution < 1.29 is 23.3 Å². The lowest BCUT2D eigenvalue weighted by molar-refractivity contribution is 0.191. The molecule has 2 fully saturated rings. The Morgan fingerprint density at radius 3 is 2.55 bits per heavy atom. The van der Waals surface area contributed by atoms with Crippen molar-refractivity contribution in [1.82, 2.24) is 0 Å². The van der Waals surface area contributed by atoms with E-state index in [0.29, 0.717) is 36.1 Å². The van der Waals surface area contributed by atoms with Crippen LogP contribution in [0.4, 0.5) is 4.39 Å². The summed E-state index contributed by atoms with van der Waals surface area (Å²) in [5.41, 5.74) is 1.74. The second-order valence-electron chi connectivity index (χ2n) is 9.61. The van der Waals surface area contributed by atoms with Crippen LogP contribution in [0.1, 0.15) is 56.9 Å². The first kappa shape index (κ1) is 25.7. The molecule has 7 heteroatoms. The zero-order valence-electron chi connectivity index (χ0n) is 20.0. The van der Waals surface area contributed by atoms with Crippen molar-refractivity contribution in [2.75, 3.05) is 26.5 Å². The van der Waals surface area contributed by atoms with Crippen molar-refractivity contribution in [2.45, 2.75) is 51.4 Å². The lowest BCUT2D eigenvalue weighted by atomic mass is 9.78. The lowest BCUT2D eigenvalue weighted by Crippen LogP contribution is -2.21. The monoisotopic (exact) mass is 477 g/mol. The Bertz CT molecular complexity index is 922. The van der Waals surface area contributed by atoms with E-state index in [4.69, 9.17) is 9.47 Å². The van der Waals surface area contributed by atoms with Crippen LogP contribution in [0.3, 0.4) is 0 Å². The molecule has 1 N–H and O–H groups in total. The molecule has 0 radical (unpaired) electrons. The zero-order chi connectivity index (χ0) is 24.0. The van der Waals surface area contributed by atoms with E-state index in [2.05, 4.69) is 11.7 Å². The molecule has 0 spiro atoms. The summed E-state index contributed by atoms with van der Waals surface area (Å²) in [6.07, 6.45) is 7.95. The second kappa shape index (κ2) is 11.5. The molecule has 33 heavy (non-hydrogen) atoms. The highest BCUT2D eigenvalue weighted by atomic mass is 31.2. The average molecular weight is 478 g/mol. The number of methoxy groups -OCH3 is 1. The van der Waals surface area contributed by atoms with Crippen LogP contribution in [0.25, 0.3) is 0 Å². The van der Waals surface area contributed by atoms with Crippen molar-refractivity contribution in [1.29, 1.82) is 0 Å². The van der Waals surface area contributed by atoms with Gasteiger partial charge in [0.1, 0.15) is 11.6 Å². The minimum absolute atomic E-state index is 0.120. The Morgan fingerprint density at radius 2 is 2.00 bits per heavy atom. The third kappa shape index (κ3) is 7.82. The molecule has 3 rings (SSSR count). The normalized spacial score (nSPS) is 24.9. The number of aliphatic imine (C=N–C) groups is 1.